The van der Waals surface area contributed by atoms with Gasteiger partial charge in [0.25, 0.3) is 5.91 Å². The van der Waals surface area contributed by atoms with E-state index in [1.54, 1.807) is 18.7 Å². The number of anilines is 2. The van der Waals surface area contributed by atoms with Gasteiger partial charge in [-0.2, -0.15) is 0 Å². The maximum atomic E-state index is 15.3. The molecule has 1 spiro atoms. The lowest BCUT2D eigenvalue weighted by Crippen LogP contribution is -2.58. The summed E-state index contributed by atoms with van der Waals surface area (Å²) in [6, 6.07) is 11.8. The van der Waals surface area contributed by atoms with Crippen molar-refractivity contribution in [1.29, 1.82) is 0 Å². The maximum Gasteiger partial charge on any atom is 0.255 e. The molecule has 15 heteroatoms. The first-order chi connectivity index (χ1) is 29.9. The topological polar surface area (TPSA) is 139 Å². The van der Waals surface area contributed by atoms with Gasteiger partial charge in [0, 0.05) is 104 Å². The van der Waals surface area contributed by atoms with Gasteiger partial charge in [-0.3, -0.25) is 29.5 Å². The molecule has 9 heterocycles. The summed E-state index contributed by atoms with van der Waals surface area (Å²) in [4.78, 5) is 62.5. The summed E-state index contributed by atoms with van der Waals surface area (Å²) in [5.74, 6) is 1.06. The van der Waals surface area contributed by atoms with Crippen LogP contribution in [0.4, 0.5) is 16.0 Å². The number of H-pyrrole nitrogens is 1. The number of aromatic nitrogens is 3. The molecule has 7 aliphatic heterocycles. The summed E-state index contributed by atoms with van der Waals surface area (Å²) in [7, 11) is 0. The Balaban J connectivity index is 0.706. The van der Waals surface area contributed by atoms with Crippen molar-refractivity contribution in [3.05, 3.63) is 76.7 Å². The van der Waals surface area contributed by atoms with E-state index in [1.807, 2.05) is 24.5 Å². The average Bonchev–Trinajstić information content (AvgIpc) is 3.93. The van der Waals surface area contributed by atoms with E-state index in [0.717, 1.165) is 111 Å². The number of hydrogen-bond acceptors (Lipinski definition) is 11. The summed E-state index contributed by atoms with van der Waals surface area (Å²) >= 11 is 0. The molecule has 5 atom stereocenters. The predicted octanol–water partition coefficient (Wildman–Crippen LogP) is 4.76. The minimum atomic E-state index is -1.35. The van der Waals surface area contributed by atoms with Gasteiger partial charge in [-0.25, -0.2) is 14.4 Å². The van der Waals surface area contributed by atoms with Crippen molar-refractivity contribution in [3.63, 3.8) is 0 Å². The van der Waals surface area contributed by atoms with E-state index in [9.17, 15) is 14.4 Å². The maximum absolute atomic E-state index is 15.3. The minimum absolute atomic E-state index is 0.126. The van der Waals surface area contributed by atoms with E-state index in [1.165, 1.54) is 10.9 Å². The number of para-hydroxylation sites is 1. The summed E-state index contributed by atoms with van der Waals surface area (Å²) in [5.41, 5.74) is 5.44. The number of benzene rings is 2. The van der Waals surface area contributed by atoms with Crippen LogP contribution in [0.2, 0.25) is 0 Å². The van der Waals surface area contributed by atoms with Crippen molar-refractivity contribution in [2.45, 2.75) is 101 Å². The van der Waals surface area contributed by atoms with E-state index in [2.05, 4.69) is 61.1 Å². The highest BCUT2D eigenvalue weighted by molar-refractivity contribution is 6.06. The zero-order chi connectivity index (χ0) is 42.5. The van der Waals surface area contributed by atoms with Crippen molar-refractivity contribution in [2.75, 3.05) is 68.8 Å². The zero-order valence-corrected chi connectivity index (χ0v) is 35.9. The molecule has 0 bridgehead atoms. The van der Waals surface area contributed by atoms with Gasteiger partial charge in [-0.1, -0.05) is 18.2 Å². The molecule has 3 amide bonds. The Hall–Kier alpha value is -5.12. The third kappa shape index (κ3) is 6.91. The lowest BCUT2D eigenvalue weighted by molar-refractivity contribution is -0.136. The number of carbonyl (C=O) groups is 3. The highest BCUT2D eigenvalue weighted by Crippen LogP contribution is 2.45. The molecule has 4 fully saturated rings. The SMILES string of the molecule is C[C@@H]1Cc2c([nH]c3ccccc23)[C@@H](c2cnc(N3CCC4(CC3)CC(CN3CCN5c6ccc7c(c6OC[C@H]5C3)CN(C3CCC(=O)NC3=O)C7=O)CO4)nc2)N1CC(C)(C)F. The van der Waals surface area contributed by atoms with Crippen LogP contribution in [0.5, 0.6) is 5.75 Å². The van der Waals surface area contributed by atoms with Gasteiger partial charge in [-0.05, 0) is 82.6 Å². The molecule has 7 aliphatic rings. The quantitative estimate of drug-likeness (QED) is 0.249. The number of rotatable bonds is 7. The zero-order valence-electron chi connectivity index (χ0n) is 35.9. The normalized spacial score (nSPS) is 27.6. The second kappa shape index (κ2) is 15.0. The molecule has 2 aromatic heterocycles. The number of halogens is 1. The van der Waals surface area contributed by atoms with Crippen LogP contribution >= 0.6 is 0 Å². The van der Waals surface area contributed by atoms with Gasteiger partial charge in [-0.15, -0.1) is 0 Å². The molecule has 4 saturated heterocycles. The van der Waals surface area contributed by atoms with Gasteiger partial charge >= 0.3 is 0 Å². The van der Waals surface area contributed by atoms with Crippen LogP contribution in [-0.4, -0.2) is 136 Å². The predicted molar refractivity (Wildman–Crippen MR) is 231 cm³/mol. The Kier molecular flexibility index (Phi) is 9.61. The van der Waals surface area contributed by atoms with E-state index in [-0.39, 0.29) is 42.0 Å². The first kappa shape index (κ1) is 39.7. The number of carbonyl (C=O) groups excluding carboxylic acids is 3. The molecule has 14 nitrogen and oxygen atoms in total. The molecule has 2 aromatic carbocycles. The summed E-state index contributed by atoms with van der Waals surface area (Å²) in [6.45, 7) is 12.8. The van der Waals surface area contributed by atoms with Gasteiger partial charge in [0.2, 0.25) is 17.8 Å². The number of amides is 3. The number of alkyl halides is 1. The molecular formula is C47H56FN9O5. The van der Waals surface area contributed by atoms with Crippen molar-refractivity contribution >= 4 is 40.3 Å². The van der Waals surface area contributed by atoms with Gasteiger partial charge in [0.15, 0.2) is 0 Å². The van der Waals surface area contributed by atoms with Crippen molar-refractivity contribution in [3.8, 4) is 5.75 Å². The third-order valence-corrected chi connectivity index (χ3v) is 14.8. The number of aromatic amines is 1. The molecule has 4 aromatic rings. The number of hydrogen-bond donors (Lipinski definition) is 2. The molecule has 2 N–H and O–H groups in total. The van der Waals surface area contributed by atoms with Gasteiger partial charge in [0.05, 0.1) is 36.5 Å². The molecule has 11 rings (SSSR count). The monoisotopic (exact) mass is 845 g/mol. The number of piperazine rings is 1. The average molecular weight is 846 g/mol. The van der Waals surface area contributed by atoms with Crippen LogP contribution < -0.4 is 19.9 Å². The Labute approximate surface area is 361 Å². The standard InChI is InChI=1S/C47H56FN9O5/c1-28-18-34-32-6-4-5-7-36(32)51-40(34)41(57(28)27-46(2,3)48)30-20-49-45(50-21-30)54-14-12-47(13-15-54)19-29(25-62-47)22-53-16-17-55-31(23-53)26-61-42-35-24-56(38-10-11-39(58)52-43(38)59)44(60)33(35)8-9-37(42)55/h4-9,20-21,28-29,31,38,41,51H,10-19,22-27H2,1-3H3,(H,52,58,59)/t28-,29?,31-,38?,41-/m1/s1. The largest absolute Gasteiger partial charge is 0.489 e. The fourth-order valence-corrected chi connectivity index (χ4v) is 11.8. The molecule has 0 saturated carbocycles. The fraction of sp³-hybridized carbons (Fsp3) is 0.553. The highest BCUT2D eigenvalue weighted by atomic mass is 19.1. The van der Waals surface area contributed by atoms with Crippen LogP contribution in [0, 0.1) is 5.92 Å². The number of ether oxygens (including phenoxy) is 2. The number of nitrogens with one attached hydrogen (secondary N) is 2. The van der Waals surface area contributed by atoms with E-state index < -0.39 is 17.6 Å². The second-order valence-electron chi connectivity index (χ2n) is 19.5. The third-order valence-electron chi connectivity index (χ3n) is 14.8. The number of nitrogens with zero attached hydrogens (tertiary/aromatic N) is 7. The Morgan fingerprint density at radius 2 is 1.77 bits per heavy atom. The summed E-state index contributed by atoms with van der Waals surface area (Å²) < 4.78 is 28.4. The van der Waals surface area contributed by atoms with E-state index >= 15 is 4.39 Å². The van der Waals surface area contributed by atoms with Crippen LogP contribution in [0.15, 0.2) is 48.8 Å². The van der Waals surface area contributed by atoms with Gasteiger partial charge < -0.3 is 29.2 Å². The molecule has 0 aliphatic carbocycles. The van der Waals surface area contributed by atoms with Crippen LogP contribution in [-0.2, 0) is 27.3 Å². The van der Waals surface area contributed by atoms with E-state index in [0.29, 0.717) is 37.6 Å². The van der Waals surface area contributed by atoms with Crippen LogP contribution in [0.1, 0.15) is 91.7 Å². The first-order valence-electron chi connectivity index (χ1n) is 22.6. The van der Waals surface area contributed by atoms with Crippen molar-refractivity contribution in [2.24, 2.45) is 5.92 Å². The Morgan fingerprint density at radius 1 is 0.968 bits per heavy atom. The molecular weight excluding hydrogens is 790 g/mol. The second-order valence-corrected chi connectivity index (χ2v) is 19.5. The minimum Gasteiger partial charge on any atom is -0.489 e. The number of fused-ring (bicyclic) bond motifs is 8. The van der Waals surface area contributed by atoms with Crippen molar-refractivity contribution < 1.29 is 28.2 Å². The summed E-state index contributed by atoms with van der Waals surface area (Å²) in [6.07, 6.45) is 8.23. The molecule has 0 radical (unpaired) electrons. The number of imide groups is 1. The van der Waals surface area contributed by atoms with Gasteiger partial charge in [0.1, 0.15) is 24.1 Å². The lowest BCUT2D eigenvalue weighted by Gasteiger charge is -2.46. The summed E-state index contributed by atoms with van der Waals surface area (Å²) in [5, 5.41) is 3.62. The lowest BCUT2D eigenvalue weighted by atomic mass is 9.85. The smallest absolute Gasteiger partial charge is 0.255 e. The number of piperidine rings is 2. The Morgan fingerprint density at radius 3 is 2.56 bits per heavy atom. The van der Waals surface area contributed by atoms with Crippen molar-refractivity contribution in [1.82, 2.24) is 35.0 Å². The van der Waals surface area contributed by atoms with Crippen LogP contribution in [0.3, 0.4) is 0 Å². The first-order valence-corrected chi connectivity index (χ1v) is 22.6. The molecule has 2 unspecified atom stereocenters. The molecule has 62 heavy (non-hydrogen) atoms. The van der Waals surface area contributed by atoms with Crippen LogP contribution in [0.25, 0.3) is 10.9 Å². The highest BCUT2D eigenvalue weighted by Gasteiger charge is 2.46. The Bertz CT molecular complexity index is 2430. The van der Waals surface area contributed by atoms with E-state index in [4.69, 9.17) is 19.4 Å². The molecule has 326 valence electrons. The fourth-order valence-electron chi connectivity index (χ4n) is 11.8.